The van der Waals surface area contributed by atoms with Crippen LogP contribution in [0.25, 0.3) is 0 Å². The van der Waals surface area contributed by atoms with E-state index >= 15 is 0 Å². The van der Waals surface area contributed by atoms with Gasteiger partial charge in [0.05, 0.1) is 4.83 Å². The summed E-state index contributed by atoms with van der Waals surface area (Å²) in [7, 11) is 0. The third-order valence-electron chi connectivity index (χ3n) is 2.77. The van der Waals surface area contributed by atoms with Crippen molar-refractivity contribution in [3.8, 4) is 5.75 Å². The molecule has 0 bridgehead atoms. The largest absolute Gasteiger partial charge is 0.464 e. The van der Waals surface area contributed by atoms with Crippen LogP contribution in [0.2, 0.25) is 0 Å². The van der Waals surface area contributed by atoms with Gasteiger partial charge in [0.2, 0.25) is 6.29 Å². The Balaban J connectivity index is 2.54. The molecule has 3 heteroatoms. The van der Waals surface area contributed by atoms with Gasteiger partial charge in [-0.2, -0.15) is 0 Å². The van der Waals surface area contributed by atoms with E-state index in [1.54, 1.807) is 0 Å². The molecule has 0 saturated heterocycles. The van der Waals surface area contributed by atoms with Crippen LogP contribution < -0.4 is 4.74 Å². The first-order chi connectivity index (χ1) is 6.53. The summed E-state index contributed by atoms with van der Waals surface area (Å²) >= 11 is 3.47. The van der Waals surface area contributed by atoms with Crippen LogP contribution in [0.3, 0.4) is 0 Å². The highest BCUT2D eigenvalue weighted by Gasteiger charge is 2.41. The van der Waals surface area contributed by atoms with Crippen LogP contribution in [-0.2, 0) is 5.41 Å². The molecule has 2 nitrogen and oxygen atoms in total. The molecule has 1 heterocycles. The molecule has 0 spiro atoms. The summed E-state index contributed by atoms with van der Waals surface area (Å²) in [6, 6.07) is 7.83. The van der Waals surface area contributed by atoms with Crippen LogP contribution in [-0.4, -0.2) is 16.2 Å². The van der Waals surface area contributed by atoms with Crippen LogP contribution in [0.5, 0.6) is 5.75 Å². The van der Waals surface area contributed by atoms with Gasteiger partial charge in [-0.25, -0.2) is 0 Å². The molecule has 0 radical (unpaired) electrons. The van der Waals surface area contributed by atoms with Crippen molar-refractivity contribution in [3.05, 3.63) is 29.8 Å². The first kappa shape index (κ1) is 9.99. The van der Waals surface area contributed by atoms with E-state index in [1.807, 2.05) is 24.3 Å². The zero-order valence-electron chi connectivity index (χ0n) is 8.20. The lowest BCUT2D eigenvalue weighted by molar-refractivity contribution is -0.0417. The standard InChI is InChI=1S/C11H13BrO2/c1-11(2)7-5-3-4-6-8(7)14-10(13)9(11)12/h3-6,9-10,13H,1-2H3. The summed E-state index contributed by atoms with van der Waals surface area (Å²) in [4.78, 5) is -0.0788. The minimum absolute atomic E-state index is 0.0788. The van der Waals surface area contributed by atoms with Crippen molar-refractivity contribution in [3.63, 3.8) is 0 Å². The van der Waals surface area contributed by atoms with E-state index in [0.29, 0.717) is 0 Å². The molecular weight excluding hydrogens is 244 g/mol. The van der Waals surface area contributed by atoms with Gasteiger partial charge in [-0.3, -0.25) is 0 Å². The molecule has 2 rings (SSSR count). The quantitative estimate of drug-likeness (QED) is 0.723. The van der Waals surface area contributed by atoms with Crippen LogP contribution in [0.4, 0.5) is 0 Å². The van der Waals surface area contributed by atoms with Crippen molar-refractivity contribution < 1.29 is 9.84 Å². The van der Waals surface area contributed by atoms with Crippen molar-refractivity contribution in [1.82, 2.24) is 0 Å². The Hall–Kier alpha value is -0.540. The van der Waals surface area contributed by atoms with Crippen molar-refractivity contribution in [2.24, 2.45) is 0 Å². The number of ether oxygens (including phenoxy) is 1. The second-order valence-corrected chi connectivity index (χ2v) is 5.11. The van der Waals surface area contributed by atoms with Gasteiger partial charge in [-0.15, -0.1) is 0 Å². The van der Waals surface area contributed by atoms with Crippen LogP contribution in [0.1, 0.15) is 19.4 Å². The SMILES string of the molecule is CC1(C)c2ccccc2OC(O)C1Br. The number of hydrogen-bond acceptors (Lipinski definition) is 2. The second-order valence-electron chi connectivity index (χ2n) is 4.13. The van der Waals surface area contributed by atoms with E-state index in [0.717, 1.165) is 11.3 Å². The Kier molecular flexibility index (Phi) is 2.32. The number of alkyl halides is 1. The minimum atomic E-state index is -0.778. The highest BCUT2D eigenvalue weighted by atomic mass is 79.9. The molecule has 2 unspecified atom stereocenters. The summed E-state index contributed by atoms with van der Waals surface area (Å²) in [5.74, 6) is 0.778. The van der Waals surface area contributed by atoms with Gasteiger partial charge in [0.15, 0.2) is 0 Å². The monoisotopic (exact) mass is 256 g/mol. The molecular formula is C11H13BrO2. The number of rotatable bonds is 0. The normalized spacial score (nSPS) is 29.1. The van der Waals surface area contributed by atoms with Gasteiger partial charge in [-0.05, 0) is 6.07 Å². The van der Waals surface area contributed by atoms with Crippen molar-refractivity contribution in [2.75, 3.05) is 0 Å². The van der Waals surface area contributed by atoms with Gasteiger partial charge in [-0.1, -0.05) is 48.0 Å². The minimum Gasteiger partial charge on any atom is -0.464 e. The van der Waals surface area contributed by atoms with E-state index in [2.05, 4.69) is 29.8 Å². The highest BCUT2D eigenvalue weighted by Crippen LogP contribution is 2.43. The number of aliphatic hydroxyl groups excluding tert-OH is 1. The number of aliphatic hydroxyl groups is 1. The lowest BCUT2D eigenvalue weighted by Crippen LogP contribution is -2.45. The summed E-state index contributed by atoms with van der Waals surface area (Å²) in [5.41, 5.74) is 1.01. The predicted molar refractivity (Wildman–Crippen MR) is 58.8 cm³/mol. The summed E-state index contributed by atoms with van der Waals surface area (Å²) in [6.45, 7) is 4.19. The zero-order valence-corrected chi connectivity index (χ0v) is 9.78. The molecule has 1 aromatic rings. The zero-order chi connectivity index (χ0) is 10.3. The van der Waals surface area contributed by atoms with Crippen LogP contribution >= 0.6 is 15.9 Å². The van der Waals surface area contributed by atoms with E-state index in [9.17, 15) is 5.11 Å². The second kappa shape index (κ2) is 3.24. The number of hydrogen-bond donors (Lipinski definition) is 1. The molecule has 76 valence electrons. The van der Waals surface area contributed by atoms with Gasteiger partial charge in [0, 0.05) is 11.0 Å². The lowest BCUT2D eigenvalue weighted by Gasteiger charge is -2.39. The molecule has 1 aliphatic heterocycles. The van der Waals surface area contributed by atoms with Gasteiger partial charge in [0.1, 0.15) is 5.75 Å². The fourth-order valence-corrected chi connectivity index (χ4v) is 2.15. The predicted octanol–water partition coefficient (Wildman–Crippen LogP) is 2.44. The number of para-hydroxylation sites is 1. The topological polar surface area (TPSA) is 29.5 Å². The van der Waals surface area contributed by atoms with Crippen molar-refractivity contribution >= 4 is 15.9 Å². The fraction of sp³-hybridized carbons (Fsp3) is 0.455. The third-order valence-corrected chi connectivity index (χ3v) is 4.37. The fourth-order valence-electron chi connectivity index (χ4n) is 1.80. The maximum atomic E-state index is 9.69. The Bertz CT molecular complexity index is 349. The molecule has 2 atom stereocenters. The average Bonchev–Trinajstić information content (AvgIpc) is 2.15. The smallest absolute Gasteiger partial charge is 0.210 e. The Morgan fingerprint density at radius 1 is 1.36 bits per heavy atom. The summed E-state index contributed by atoms with van der Waals surface area (Å²) in [5, 5.41) is 9.69. The molecule has 1 aliphatic rings. The maximum Gasteiger partial charge on any atom is 0.210 e. The van der Waals surface area contributed by atoms with Crippen LogP contribution in [0, 0.1) is 0 Å². The van der Waals surface area contributed by atoms with E-state index in [1.165, 1.54) is 0 Å². The number of benzene rings is 1. The lowest BCUT2D eigenvalue weighted by atomic mass is 9.79. The molecule has 1 N–H and O–H groups in total. The average molecular weight is 257 g/mol. The molecule has 0 aliphatic carbocycles. The van der Waals surface area contributed by atoms with Crippen LogP contribution in [0.15, 0.2) is 24.3 Å². The van der Waals surface area contributed by atoms with E-state index in [4.69, 9.17) is 4.74 Å². The molecule has 0 fully saturated rings. The molecule has 1 aromatic carbocycles. The molecule has 0 amide bonds. The molecule has 14 heavy (non-hydrogen) atoms. The third kappa shape index (κ3) is 1.35. The summed E-state index contributed by atoms with van der Waals surface area (Å²) in [6.07, 6.45) is -0.778. The molecule has 0 aromatic heterocycles. The molecule has 0 saturated carbocycles. The Morgan fingerprint density at radius 3 is 2.71 bits per heavy atom. The van der Waals surface area contributed by atoms with Crippen molar-refractivity contribution in [1.29, 1.82) is 0 Å². The highest BCUT2D eigenvalue weighted by molar-refractivity contribution is 9.09. The van der Waals surface area contributed by atoms with Gasteiger partial charge in [0.25, 0.3) is 0 Å². The maximum absolute atomic E-state index is 9.69. The number of fused-ring (bicyclic) bond motifs is 1. The van der Waals surface area contributed by atoms with E-state index < -0.39 is 6.29 Å². The first-order valence-electron chi connectivity index (χ1n) is 4.62. The van der Waals surface area contributed by atoms with E-state index in [-0.39, 0.29) is 10.2 Å². The first-order valence-corrected chi connectivity index (χ1v) is 5.53. The van der Waals surface area contributed by atoms with Gasteiger partial charge < -0.3 is 9.84 Å². The Morgan fingerprint density at radius 2 is 2.00 bits per heavy atom. The van der Waals surface area contributed by atoms with Gasteiger partial charge >= 0.3 is 0 Å². The number of halogens is 1. The Labute approximate surface area is 92.0 Å². The van der Waals surface area contributed by atoms with Crippen molar-refractivity contribution in [2.45, 2.75) is 30.4 Å². The summed E-state index contributed by atoms with van der Waals surface area (Å²) < 4.78 is 5.39.